The molecule has 3 heteroatoms. The number of likely N-dealkylation sites (tertiary alicyclic amines) is 1. The summed E-state index contributed by atoms with van der Waals surface area (Å²) in [6.07, 6.45) is 1.70. The Morgan fingerprint density at radius 2 is 2.46 bits per heavy atom. The van der Waals surface area contributed by atoms with Crippen molar-refractivity contribution in [3.63, 3.8) is 0 Å². The summed E-state index contributed by atoms with van der Waals surface area (Å²) in [5.41, 5.74) is 0. The summed E-state index contributed by atoms with van der Waals surface area (Å²) in [6.45, 7) is 4.41. The van der Waals surface area contributed by atoms with Crippen molar-refractivity contribution >= 4 is 0 Å². The third kappa shape index (κ3) is 1.62. The molecule has 1 atom stereocenters. The summed E-state index contributed by atoms with van der Waals surface area (Å²) in [7, 11) is 0. The van der Waals surface area contributed by atoms with Gasteiger partial charge in [0.2, 0.25) is 0 Å². The highest BCUT2D eigenvalue weighted by Gasteiger charge is 2.31. The van der Waals surface area contributed by atoms with Crippen molar-refractivity contribution in [2.75, 3.05) is 19.7 Å². The van der Waals surface area contributed by atoms with Crippen LogP contribution in [0.3, 0.4) is 0 Å². The fourth-order valence-electron chi connectivity index (χ4n) is 1.75. The van der Waals surface area contributed by atoms with E-state index in [-0.39, 0.29) is 0 Å². The molecule has 0 unspecified atom stereocenters. The second-order valence-electron chi connectivity index (χ2n) is 3.69. The van der Waals surface area contributed by atoms with Crippen LogP contribution in [-0.4, -0.2) is 29.7 Å². The first-order valence-electron chi connectivity index (χ1n) is 4.69. The van der Waals surface area contributed by atoms with Crippen LogP contribution in [0.1, 0.15) is 18.7 Å². The van der Waals surface area contributed by atoms with Crippen molar-refractivity contribution in [1.82, 2.24) is 4.90 Å². The molecule has 2 heterocycles. The Morgan fingerprint density at radius 3 is 3.00 bits per heavy atom. The minimum Gasteiger partial charge on any atom is -0.468 e. The van der Waals surface area contributed by atoms with Crippen LogP contribution in [0.25, 0.3) is 0 Å². The molecule has 72 valence electrons. The lowest BCUT2D eigenvalue weighted by atomic mass is 9.98. The molecule has 0 radical (unpaired) electrons. The zero-order valence-electron chi connectivity index (χ0n) is 7.81. The summed E-state index contributed by atoms with van der Waals surface area (Å²) in [4.78, 5) is 2.31. The number of furan rings is 1. The third-order valence-corrected chi connectivity index (χ3v) is 2.75. The Bertz CT molecular complexity index is 252. The fraction of sp³-hybridized carbons (Fsp3) is 0.600. The van der Waals surface area contributed by atoms with E-state index in [1.165, 1.54) is 0 Å². The first kappa shape index (κ1) is 8.78. The molecule has 1 fully saturated rings. The molecule has 0 aromatic carbocycles. The summed E-state index contributed by atoms with van der Waals surface area (Å²) in [5.74, 6) is 1.48. The van der Waals surface area contributed by atoms with Crippen LogP contribution in [0.15, 0.2) is 22.8 Å². The van der Waals surface area contributed by atoms with Gasteiger partial charge < -0.3 is 9.52 Å². The van der Waals surface area contributed by atoms with E-state index in [1.807, 2.05) is 12.1 Å². The van der Waals surface area contributed by atoms with E-state index in [0.717, 1.165) is 18.8 Å². The van der Waals surface area contributed by atoms with Crippen molar-refractivity contribution in [2.45, 2.75) is 13.0 Å². The van der Waals surface area contributed by atoms with Crippen molar-refractivity contribution < 1.29 is 9.52 Å². The monoisotopic (exact) mass is 181 g/mol. The predicted octanol–water partition coefficient (Wildman–Crippen LogP) is 1.26. The van der Waals surface area contributed by atoms with E-state index in [0.29, 0.717) is 18.6 Å². The number of aliphatic hydroxyl groups excluding tert-OH is 1. The van der Waals surface area contributed by atoms with E-state index in [4.69, 9.17) is 9.52 Å². The Hall–Kier alpha value is -0.800. The second kappa shape index (κ2) is 3.52. The number of hydrogen-bond acceptors (Lipinski definition) is 3. The van der Waals surface area contributed by atoms with Gasteiger partial charge in [-0.1, -0.05) is 0 Å². The minimum absolute atomic E-state index is 0.307. The van der Waals surface area contributed by atoms with E-state index in [2.05, 4.69) is 11.8 Å². The molecular formula is C10H15NO2. The van der Waals surface area contributed by atoms with E-state index >= 15 is 0 Å². The highest BCUT2D eigenvalue weighted by Crippen LogP contribution is 2.27. The standard InChI is InChI=1S/C10H15NO2/c1-8(10-3-2-4-13-10)11-5-9(6-11)7-12/h2-4,8-9,12H,5-7H2,1H3/t8-/m1/s1. The average Bonchev–Trinajstić information content (AvgIpc) is 2.53. The van der Waals surface area contributed by atoms with Crippen LogP contribution in [0.4, 0.5) is 0 Å². The van der Waals surface area contributed by atoms with E-state index < -0.39 is 0 Å². The normalized spacial score (nSPS) is 21.4. The number of nitrogens with zero attached hydrogens (tertiary/aromatic N) is 1. The predicted molar refractivity (Wildman–Crippen MR) is 49.3 cm³/mol. The van der Waals surface area contributed by atoms with Gasteiger partial charge in [0.25, 0.3) is 0 Å². The quantitative estimate of drug-likeness (QED) is 0.762. The topological polar surface area (TPSA) is 36.6 Å². The first-order chi connectivity index (χ1) is 6.31. The van der Waals surface area contributed by atoms with Gasteiger partial charge in [-0.15, -0.1) is 0 Å². The molecule has 0 amide bonds. The Balaban J connectivity index is 1.90. The van der Waals surface area contributed by atoms with Crippen molar-refractivity contribution in [2.24, 2.45) is 5.92 Å². The fourth-order valence-corrected chi connectivity index (χ4v) is 1.75. The minimum atomic E-state index is 0.307. The molecular weight excluding hydrogens is 166 g/mol. The molecule has 1 aliphatic heterocycles. The van der Waals surface area contributed by atoms with Crippen LogP contribution in [0.2, 0.25) is 0 Å². The molecule has 0 spiro atoms. The highest BCUT2D eigenvalue weighted by atomic mass is 16.3. The molecule has 1 saturated heterocycles. The lowest BCUT2D eigenvalue weighted by Gasteiger charge is -2.41. The van der Waals surface area contributed by atoms with Gasteiger partial charge in [0, 0.05) is 25.6 Å². The van der Waals surface area contributed by atoms with Crippen molar-refractivity contribution in [3.8, 4) is 0 Å². The van der Waals surface area contributed by atoms with Crippen LogP contribution in [0.5, 0.6) is 0 Å². The van der Waals surface area contributed by atoms with Gasteiger partial charge >= 0.3 is 0 Å². The maximum atomic E-state index is 8.87. The Kier molecular flexibility index (Phi) is 2.38. The molecule has 2 rings (SSSR count). The number of aliphatic hydroxyl groups is 1. The van der Waals surface area contributed by atoms with Gasteiger partial charge in [0.1, 0.15) is 5.76 Å². The molecule has 1 aromatic heterocycles. The molecule has 1 N–H and O–H groups in total. The van der Waals surface area contributed by atoms with Gasteiger partial charge in [0.15, 0.2) is 0 Å². The van der Waals surface area contributed by atoms with Crippen molar-refractivity contribution in [1.29, 1.82) is 0 Å². The largest absolute Gasteiger partial charge is 0.468 e. The van der Waals surface area contributed by atoms with Gasteiger partial charge in [-0.2, -0.15) is 0 Å². The van der Waals surface area contributed by atoms with Crippen LogP contribution < -0.4 is 0 Å². The molecule has 0 bridgehead atoms. The summed E-state index contributed by atoms with van der Waals surface area (Å²) in [5, 5.41) is 8.87. The van der Waals surface area contributed by atoms with Crippen molar-refractivity contribution in [3.05, 3.63) is 24.2 Å². The third-order valence-electron chi connectivity index (χ3n) is 2.75. The van der Waals surface area contributed by atoms with Gasteiger partial charge in [0.05, 0.1) is 12.3 Å². The molecule has 0 aliphatic carbocycles. The molecule has 3 nitrogen and oxygen atoms in total. The molecule has 1 aromatic rings. The first-order valence-corrected chi connectivity index (χ1v) is 4.69. The SMILES string of the molecule is C[C@H](c1ccco1)N1CC(CO)C1. The number of rotatable bonds is 3. The summed E-state index contributed by atoms with van der Waals surface area (Å²) in [6, 6.07) is 4.25. The van der Waals surface area contributed by atoms with Gasteiger partial charge in [-0.25, -0.2) is 0 Å². The van der Waals surface area contributed by atoms with E-state index in [9.17, 15) is 0 Å². The molecule has 1 aliphatic rings. The van der Waals surface area contributed by atoms with Crippen LogP contribution >= 0.6 is 0 Å². The average molecular weight is 181 g/mol. The maximum absolute atomic E-state index is 8.87. The van der Waals surface area contributed by atoms with Crippen LogP contribution in [0, 0.1) is 5.92 Å². The smallest absolute Gasteiger partial charge is 0.120 e. The van der Waals surface area contributed by atoms with Gasteiger partial charge in [-0.3, -0.25) is 4.90 Å². The Morgan fingerprint density at radius 1 is 1.69 bits per heavy atom. The molecule has 13 heavy (non-hydrogen) atoms. The number of hydrogen-bond donors (Lipinski definition) is 1. The zero-order valence-corrected chi connectivity index (χ0v) is 7.81. The van der Waals surface area contributed by atoms with E-state index in [1.54, 1.807) is 6.26 Å². The Labute approximate surface area is 78.0 Å². The summed E-state index contributed by atoms with van der Waals surface area (Å²) < 4.78 is 5.32. The highest BCUT2D eigenvalue weighted by molar-refractivity contribution is 5.05. The second-order valence-corrected chi connectivity index (χ2v) is 3.69. The van der Waals surface area contributed by atoms with Crippen LogP contribution in [-0.2, 0) is 0 Å². The molecule has 0 saturated carbocycles. The summed E-state index contributed by atoms with van der Waals surface area (Å²) >= 11 is 0. The lowest BCUT2D eigenvalue weighted by molar-refractivity contribution is 0.0180. The zero-order chi connectivity index (χ0) is 9.26. The lowest BCUT2D eigenvalue weighted by Crippen LogP contribution is -2.49. The van der Waals surface area contributed by atoms with Gasteiger partial charge in [-0.05, 0) is 19.1 Å². The maximum Gasteiger partial charge on any atom is 0.120 e.